The van der Waals surface area contributed by atoms with Crippen molar-refractivity contribution in [3.8, 4) is 0 Å². The summed E-state index contributed by atoms with van der Waals surface area (Å²) in [7, 11) is 0. The Morgan fingerprint density at radius 3 is 2.44 bits per heavy atom. The molecule has 0 atom stereocenters. The number of carbonyl (C=O) groups is 1. The third kappa shape index (κ3) is 3.83. The van der Waals surface area contributed by atoms with Crippen molar-refractivity contribution in [3.63, 3.8) is 0 Å². The van der Waals surface area contributed by atoms with E-state index in [0.717, 1.165) is 15.8 Å². The van der Waals surface area contributed by atoms with E-state index in [1.807, 2.05) is 54.6 Å². The Kier molecular flexibility index (Phi) is 5.12. The molecule has 0 saturated carbocycles. The molecule has 0 saturated heterocycles. The zero-order valence-corrected chi connectivity index (χ0v) is 16.4. The first-order valence-corrected chi connectivity index (χ1v) is 9.85. The summed E-state index contributed by atoms with van der Waals surface area (Å²) >= 11 is 13.8. The maximum absolute atomic E-state index is 13.3. The van der Waals surface area contributed by atoms with Crippen LogP contribution in [0.4, 0.5) is 5.13 Å². The molecule has 6 heteroatoms. The van der Waals surface area contributed by atoms with Gasteiger partial charge in [0.15, 0.2) is 5.13 Å². The maximum Gasteiger partial charge on any atom is 0.261 e. The molecule has 0 aliphatic carbocycles. The minimum Gasteiger partial charge on any atom is -0.279 e. The average Bonchev–Trinajstić information content (AvgIpc) is 3.10. The van der Waals surface area contributed by atoms with E-state index in [9.17, 15) is 4.79 Å². The number of aromatic nitrogens is 1. The number of carbonyl (C=O) groups excluding carboxylic acids is 1. The fourth-order valence-electron chi connectivity index (χ4n) is 2.78. The summed E-state index contributed by atoms with van der Waals surface area (Å²) in [6.45, 7) is 0.401. The second-order valence-corrected chi connectivity index (χ2v) is 7.82. The fourth-order valence-corrected chi connectivity index (χ4v) is 4.23. The van der Waals surface area contributed by atoms with E-state index in [0.29, 0.717) is 27.3 Å². The molecule has 0 aliphatic heterocycles. The molecule has 0 spiro atoms. The molecule has 0 N–H and O–H groups in total. The largest absolute Gasteiger partial charge is 0.279 e. The van der Waals surface area contributed by atoms with Gasteiger partial charge in [-0.1, -0.05) is 77.0 Å². The Balaban J connectivity index is 1.78. The summed E-state index contributed by atoms with van der Waals surface area (Å²) < 4.78 is 1.03. The molecule has 0 aliphatic rings. The molecule has 0 bridgehead atoms. The Bertz CT molecular complexity index is 1080. The molecule has 134 valence electrons. The van der Waals surface area contributed by atoms with Crippen LogP contribution in [-0.2, 0) is 6.54 Å². The number of para-hydroxylation sites is 1. The number of nitrogens with zero attached hydrogens (tertiary/aromatic N) is 2. The van der Waals surface area contributed by atoms with Crippen molar-refractivity contribution in [3.05, 3.63) is 94.0 Å². The van der Waals surface area contributed by atoms with E-state index in [-0.39, 0.29) is 5.91 Å². The summed E-state index contributed by atoms with van der Waals surface area (Å²) in [5, 5.41) is 1.45. The number of amides is 1. The molecular formula is C21H14Cl2N2OS. The van der Waals surface area contributed by atoms with Gasteiger partial charge in [0.2, 0.25) is 0 Å². The van der Waals surface area contributed by atoms with Crippen molar-refractivity contribution < 1.29 is 4.79 Å². The van der Waals surface area contributed by atoms with Gasteiger partial charge >= 0.3 is 0 Å². The predicted molar refractivity (Wildman–Crippen MR) is 113 cm³/mol. The van der Waals surface area contributed by atoms with Crippen LogP contribution in [0.25, 0.3) is 10.2 Å². The fraction of sp³-hybridized carbons (Fsp3) is 0.0476. The van der Waals surface area contributed by atoms with Crippen LogP contribution in [-0.4, -0.2) is 10.9 Å². The highest BCUT2D eigenvalue weighted by Crippen LogP contribution is 2.32. The summed E-state index contributed by atoms with van der Waals surface area (Å²) in [4.78, 5) is 19.6. The maximum atomic E-state index is 13.3. The molecule has 0 radical (unpaired) electrons. The van der Waals surface area contributed by atoms with Crippen LogP contribution >= 0.6 is 34.5 Å². The summed E-state index contributed by atoms with van der Waals surface area (Å²) in [5.74, 6) is -0.209. The van der Waals surface area contributed by atoms with E-state index in [1.54, 1.807) is 23.1 Å². The van der Waals surface area contributed by atoms with Crippen LogP contribution in [0.3, 0.4) is 0 Å². The normalized spacial score (nSPS) is 10.9. The summed E-state index contributed by atoms with van der Waals surface area (Å²) in [5.41, 5.74) is 2.28. The van der Waals surface area contributed by atoms with Crippen molar-refractivity contribution in [1.82, 2.24) is 4.98 Å². The lowest BCUT2D eigenvalue weighted by Gasteiger charge is -2.20. The second-order valence-electron chi connectivity index (χ2n) is 5.97. The number of anilines is 1. The lowest BCUT2D eigenvalue weighted by molar-refractivity contribution is 0.0985. The molecule has 27 heavy (non-hydrogen) atoms. The number of thiazole rings is 1. The summed E-state index contributed by atoms with van der Waals surface area (Å²) in [6.07, 6.45) is 0. The van der Waals surface area contributed by atoms with Gasteiger partial charge in [0.25, 0.3) is 5.91 Å². The van der Waals surface area contributed by atoms with Gasteiger partial charge in [-0.3, -0.25) is 9.69 Å². The average molecular weight is 413 g/mol. The molecular weight excluding hydrogens is 399 g/mol. The van der Waals surface area contributed by atoms with Crippen LogP contribution in [0.15, 0.2) is 72.8 Å². The molecule has 0 unspecified atom stereocenters. The Morgan fingerprint density at radius 1 is 0.963 bits per heavy atom. The third-order valence-electron chi connectivity index (χ3n) is 4.10. The highest BCUT2D eigenvalue weighted by molar-refractivity contribution is 7.22. The van der Waals surface area contributed by atoms with Crippen molar-refractivity contribution in [1.29, 1.82) is 0 Å². The topological polar surface area (TPSA) is 33.2 Å². The molecule has 3 aromatic carbocycles. The lowest BCUT2D eigenvalue weighted by Crippen LogP contribution is -2.30. The van der Waals surface area contributed by atoms with Gasteiger partial charge in [-0.2, -0.15) is 0 Å². The van der Waals surface area contributed by atoms with E-state index in [2.05, 4.69) is 4.98 Å². The Morgan fingerprint density at radius 2 is 1.70 bits per heavy atom. The highest BCUT2D eigenvalue weighted by Gasteiger charge is 2.23. The Labute approximate surface area is 170 Å². The number of hydrogen-bond acceptors (Lipinski definition) is 3. The molecule has 1 heterocycles. The van der Waals surface area contributed by atoms with Crippen LogP contribution in [0.5, 0.6) is 0 Å². The highest BCUT2D eigenvalue weighted by atomic mass is 35.5. The Hall–Kier alpha value is -2.40. The van der Waals surface area contributed by atoms with Gasteiger partial charge in [-0.25, -0.2) is 4.98 Å². The van der Waals surface area contributed by atoms with Crippen molar-refractivity contribution in [2.75, 3.05) is 4.90 Å². The first kappa shape index (κ1) is 18.0. The van der Waals surface area contributed by atoms with Crippen LogP contribution in [0.2, 0.25) is 10.0 Å². The van der Waals surface area contributed by atoms with Crippen LogP contribution in [0, 0.1) is 0 Å². The standard InChI is InChI=1S/C21H14Cl2N2OS/c22-15-10-11-16(17(23)12-15)20(26)25(13-14-6-2-1-3-7-14)21-24-18-8-4-5-9-19(18)27-21/h1-12H,13H2. The molecule has 4 aromatic rings. The smallest absolute Gasteiger partial charge is 0.261 e. The molecule has 0 fully saturated rings. The van der Waals surface area contributed by atoms with Crippen molar-refractivity contribution in [2.24, 2.45) is 0 Å². The predicted octanol–water partition coefficient (Wildman–Crippen LogP) is 6.45. The van der Waals surface area contributed by atoms with Crippen molar-refractivity contribution in [2.45, 2.75) is 6.54 Å². The van der Waals surface area contributed by atoms with E-state index >= 15 is 0 Å². The molecule has 1 amide bonds. The van der Waals surface area contributed by atoms with Crippen LogP contribution in [0.1, 0.15) is 15.9 Å². The zero-order chi connectivity index (χ0) is 18.8. The van der Waals surface area contributed by atoms with Gasteiger partial charge in [-0.15, -0.1) is 0 Å². The lowest BCUT2D eigenvalue weighted by atomic mass is 10.1. The molecule has 1 aromatic heterocycles. The minimum absolute atomic E-state index is 0.209. The van der Waals surface area contributed by atoms with E-state index in [4.69, 9.17) is 23.2 Å². The summed E-state index contributed by atoms with van der Waals surface area (Å²) in [6, 6.07) is 22.5. The zero-order valence-electron chi connectivity index (χ0n) is 14.1. The quantitative estimate of drug-likeness (QED) is 0.385. The van der Waals surface area contributed by atoms with Crippen molar-refractivity contribution >= 4 is 55.8 Å². The van der Waals surface area contributed by atoms with Gasteiger partial charge in [0, 0.05) is 5.02 Å². The van der Waals surface area contributed by atoms with Gasteiger partial charge in [0.1, 0.15) is 0 Å². The van der Waals surface area contributed by atoms with E-state index < -0.39 is 0 Å². The number of hydrogen-bond donors (Lipinski definition) is 0. The second kappa shape index (κ2) is 7.69. The monoisotopic (exact) mass is 412 g/mol. The SMILES string of the molecule is O=C(c1ccc(Cl)cc1Cl)N(Cc1ccccc1)c1nc2ccccc2s1. The third-order valence-corrected chi connectivity index (χ3v) is 5.71. The molecule has 3 nitrogen and oxygen atoms in total. The number of rotatable bonds is 4. The van der Waals surface area contributed by atoms with Crippen LogP contribution < -0.4 is 4.90 Å². The van der Waals surface area contributed by atoms with Gasteiger partial charge in [0.05, 0.1) is 27.3 Å². The first-order chi connectivity index (χ1) is 13.1. The first-order valence-electron chi connectivity index (χ1n) is 8.28. The molecule has 4 rings (SSSR count). The number of halogens is 2. The minimum atomic E-state index is -0.209. The number of fused-ring (bicyclic) bond motifs is 1. The van der Waals surface area contributed by atoms with Gasteiger partial charge < -0.3 is 0 Å². The van der Waals surface area contributed by atoms with E-state index in [1.165, 1.54) is 11.3 Å². The van der Waals surface area contributed by atoms with Gasteiger partial charge in [-0.05, 0) is 35.9 Å². The number of benzene rings is 3.